The molecule has 0 aliphatic heterocycles. The van der Waals surface area contributed by atoms with E-state index in [0.29, 0.717) is 19.4 Å². The van der Waals surface area contributed by atoms with Gasteiger partial charge in [0.25, 0.3) is 0 Å². The number of hydrogen-bond acceptors (Lipinski definition) is 3. The molecule has 2 rings (SSSR count). The summed E-state index contributed by atoms with van der Waals surface area (Å²) in [6.07, 6.45) is 3.01. The van der Waals surface area contributed by atoms with E-state index in [1.54, 1.807) is 7.11 Å². The molecule has 0 saturated heterocycles. The highest BCUT2D eigenvalue weighted by molar-refractivity contribution is 5.75. The molecule has 0 atom stereocenters. The Hall–Kier alpha value is -1.39. The van der Waals surface area contributed by atoms with Crippen LogP contribution in [0.1, 0.15) is 31.2 Å². The van der Waals surface area contributed by atoms with Crippen molar-refractivity contribution in [3.63, 3.8) is 0 Å². The van der Waals surface area contributed by atoms with E-state index < -0.39 is 11.4 Å². The van der Waals surface area contributed by atoms with Crippen molar-refractivity contribution in [2.24, 2.45) is 5.41 Å². The molecule has 110 valence electrons. The molecular weight excluding hydrogens is 256 g/mol. The number of methoxy groups -OCH3 is 1. The van der Waals surface area contributed by atoms with Crippen molar-refractivity contribution < 1.29 is 19.4 Å². The van der Waals surface area contributed by atoms with Crippen LogP contribution >= 0.6 is 0 Å². The molecule has 0 radical (unpaired) electrons. The maximum Gasteiger partial charge on any atom is 0.311 e. The molecule has 0 spiro atoms. The van der Waals surface area contributed by atoms with Crippen molar-refractivity contribution in [1.82, 2.24) is 0 Å². The van der Waals surface area contributed by atoms with Crippen LogP contribution in [0.25, 0.3) is 0 Å². The number of carboxylic acid groups (broad SMARTS) is 1. The lowest BCUT2D eigenvalue weighted by Gasteiger charge is -2.36. The fourth-order valence-electron chi connectivity index (χ4n) is 2.74. The van der Waals surface area contributed by atoms with Crippen LogP contribution in [0.2, 0.25) is 0 Å². The zero-order chi connectivity index (χ0) is 14.4. The summed E-state index contributed by atoms with van der Waals surface area (Å²) in [6.45, 7) is 0.733. The highest BCUT2D eigenvalue weighted by Crippen LogP contribution is 2.38. The van der Waals surface area contributed by atoms with Crippen LogP contribution in [0.3, 0.4) is 0 Å². The molecular formula is C16H22O4. The molecule has 4 heteroatoms. The number of ether oxygens (including phenoxy) is 2. The number of aliphatic carboxylic acids is 1. The van der Waals surface area contributed by atoms with Gasteiger partial charge in [-0.2, -0.15) is 0 Å². The Balaban J connectivity index is 1.89. The number of carboxylic acids is 1. The second-order valence-corrected chi connectivity index (χ2v) is 5.50. The summed E-state index contributed by atoms with van der Waals surface area (Å²) >= 11 is 0. The molecule has 1 fully saturated rings. The Bertz CT molecular complexity index is 421. The minimum Gasteiger partial charge on any atom is -0.481 e. The van der Waals surface area contributed by atoms with E-state index in [2.05, 4.69) is 0 Å². The highest BCUT2D eigenvalue weighted by Gasteiger charge is 2.42. The summed E-state index contributed by atoms with van der Waals surface area (Å²) in [5, 5.41) is 9.52. The quantitative estimate of drug-likeness (QED) is 0.869. The van der Waals surface area contributed by atoms with Crippen molar-refractivity contribution >= 4 is 5.97 Å². The van der Waals surface area contributed by atoms with Crippen LogP contribution in [0.5, 0.6) is 0 Å². The lowest BCUT2D eigenvalue weighted by atomic mass is 9.73. The summed E-state index contributed by atoms with van der Waals surface area (Å²) in [5.74, 6) is -0.750. The summed E-state index contributed by atoms with van der Waals surface area (Å²) in [5.41, 5.74) is 0.322. The predicted molar refractivity (Wildman–Crippen MR) is 75.4 cm³/mol. The third-order valence-corrected chi connectivity index (χ3v) is 4.17. The Morgan fingerprint density at radius 3 is 2.50 bits per heavy atom. The van der Waals surface area contributed by atoms with E-state index in [9.17, 15) is 9.90 Å². The molecule has 0 aromatic heterocycles. The predicted octanol–water partition coefficient (Wildman–Crippen LogP) is 2.86. The molecule has 0 amide bonds. The summed E-state index contributed by atoms with van der Waals surface area (Å²) in [7, 11) is 1.68. The van der Waals surface area contributed by atoms with Crippen LogP contribution < -0.4 is 0 Å². The first-order valence-electron chi connectivity index (χ1n) is 7.04. The normalized spacial score (nSPS) is 26.4. The first-order valence-corrected chi connectivity index (χ1v) is 7.04. The van der Waals surface area contributed by atoms with Crippen LogP contribution in [-0.4, -0.2) is 30.9 Å². The molecule has 1 N–H and O–H groups in total. The Labute approximate surface area is 119 Å². The van der Waals surface area contributed by atoms with E-state index in [4.69, 9.17) is 9.47 Å². The van der Waals surface area contributed by atoms with Gasteiger partial charge < -0.3 is 14.6 Å². The molecule has 1 aromatic rings. The van der Waals surface area contributed by atoms with Gasteiger partial charge in [0, 0.05) is 7.11 Å². The highest BCUT2D eigenvalue weighted by atomic mass is 16.5. The van der Waals surface area contributed by atoms with Gasteiger partial charge in [0.2, 0.25) is 0 Å². The van der Waals surface area contributed by atoms with Crippen molar-refractivity contribution in [2.75, 3.05) is 13.7 Å². The number of carbonyl (C=O) groups is 1. The Morgan fingerprint density at radius 1 is 1.30 bits per heavy atom. The van der Waals surface area contributed by atoms with Gasteiger partial charge in [-0.1, -0.05) is 30.3 Å². The third-order valence-electron chi connectivity index (χ3n) is 4.17. The number of rotatable bonds is 6. The van der Waals surface area contributed by atoms with Crippen LogP contribution in [0.15, 0.2) is 30.3 Å². The van der Waals surface area contributed by atoms with Gasteiger partial charge in [-0.05, 0) is 31.2 Å². The van der Waals surface area contributed by atoms with E-state index in [0.717, 1.165) is 18.4 Å². The van der Waals surface area contributed by atoms with Crippen LogP contribution in [-0.2, 0) is 20.9 Å². The molecule has 20 heavy (non-hydrogen) atoms. The van der Waals surface area contributed by atoms with Crippen molar-refractivity contribution in [1.29, 1.82) is 0 Å². The minimum absolute atomic E-state index is 0.191. The van der Waals surface area contributed by atoms with E-state index >= 15 is 0 Å². The SMILES string of the molecule is CO[C@H]1CC[C@@](COCc2ccccc2)(C(=O)O)CC1. The largest absolute Gasteiger partial charge is 0.481 e. The first kappa shape index (κ1) is 15.0. The lowest BCUT2D eigenvalue weighted by molar-refractivity contribution is -0.158. The van der Waals surface area contributed by atoms with Gasteiger partial charge in [0.05, 0.1) is 24.7 Å². The average Bonchev–Trinajstić information content (AvgIpc) is 2.49. The topological polar surface area (TPSA) is 55.8 Å². The molecule has 0 bridgehead atoms. The third kappa shape index (κ3) is 3.58. The summed E-state index contributed by atoms with van der Waals surface area (Å²) in [6, 6.07) is 9.82. The van der Waals surface area contributed by atoms with Crippen molar-refractivity contribution in [2.45, 2.75) is 38.4 Å². The fourth-order valence-corrected chi connectivity index (χ4v) is 2.74. The van der Waals surface area contributed by atoms with E-state index in [-0.39, 0.29) is 12.7 Å². The minimum atomic E-state index is -0.750. The standard InChI is InChI=1S/C16H22O4/c1-19-14-7-9-16(10-8-14,15(17)18)12-20-11-13-5-3-2-4-6-13/h2-6,14H,7-12H2,1H3,(H,17,18)/t14-,16+. The number of hydrogen-bond donors (Lipinski definition) is 1. The second-order valence-electron chi connectivity index (χ2n) is 5.50. The molecule has 0 heterocycles. The van der Waals surface area contributed by atoms with Gasteiger partial charge in [0.15, 0.2) is 0 Å². The first-order chi connectivity index (χ1) is 9.66. The zero-order valence-corrected chi connectivity index (χ0v) is 11.9. The Kier molecular flexibility index (Phi) is 5.15. The zero-order valence-electron chi connectivity index (χ0n) is 11.9. The van der Waals surface area contributed by atoms with Crippen molar-refractivity contribution in [3.05, 3.63) is 35.9 Å². The van der Waals surface area contributed by atoms with Gasteiger partial charge in [-0.15, -0.1) is 0 Å². The molecule has 1 aliphatic rings. The fraction of sp³-hybridized carbons (Fsp3) is 0.562. The molecule has 1 aliphatic carbocycles. The molecule has 1 saturated carbocycles. The van der Waals surface area contributed by atoms with Gasteiger partial charge in [-0.3, -0.25) is 4.79 Å². The summed E-state index contributed by atoms with van der Waals surface area (Å²) in [4.78, 5) is 11.6. The van der Waals surface area contributed by atoms with Crippen LogP contribution in [0, 0.1) is 5.41 Å². The maximum atomic E-state index is 11.6. The lowest BCUT2D eigenvalue weighted by Crippen LogP contribution is -2.41. The maximum absolute atomic E-state index is 11.6. The Morgan fingerprint density at radius 2 is 1.95 bits per heavy atom. The smallest absolute Gasteiger partial charge is 0.311 e. The van der Waals surface area contributed by atoms with Crippen LogP contribution in [0.4, 0.5) is 0 Å². The molecule has 0 unspecified atom stereocenters. The van der Waals surface area contributed by atoms with Gasteiger partial charge >= 0.3 is 5.97 Å². The molecule has 4 nitrogen and oxygen atoms in total. The van der Waals surface area contributed by atoms with E-state index in [1.165, 1.54) is 0 Å². The molecule has 1 aromatic carbocycles. The van der Waals surface area contributed by atoms with Crippen molar-refractivity contribution in [3.8, 4) is 0 Å². The van der Waals surface area contributed by atoms with Gasteiger partial charge in [-0.25, -0.2) is 0 Å². The summed E-state index contributed by atoms with van der Waals surface area (Å²) < 4.78 is 11.0. The number of benzene rings is 1. The van der Waals surface area contributed by atoms with E-state index in [1.807, 2.05) is 30.3 Å². The monoisotopic (exact) mass is 278 g/mol. The average molecular weight is 278 g/mol. The van der Waals surface area contributed by atoms with Gasteiger partial charge in [0.1, 0.15) is 0 Å². The second kappa shape index (κ2) is 6.86.